The van der Waals surface area contributed by atoms with Crippen molar-refractivity contribution in [1.29, 1.82) is 5.26 Å². The number of anilines is 1. The van der Waals surface area contributed by atoms with E-state index in [1.54, 1.807) is 18.2 Å². The third-order valence-electron chi connectivity index (χ3n) is 4.60. The highest BCUT2D eigenvalue weighted by atomic mass is 35.5. The Labute approximate surface area is 211 Å². The van der Waals surface area contributed by atoms with Gasteiger partial charge < -0.3 is 9.47 Å². The number of benzene rings is 2. The molecule has 0 radical (unpaired) electrons. The van der Waals surface area contributed by atoms with Crippen molar-refractivity contribution >= 4 is 49.9 Å². The number of carbonyl (C=O) groups excluding carboxylic acids is 1. The summed E-state index contributed by atoms with van der Waals surface area (Å²) in [6.07, 6.45) is 1.34. The highest BCUT2D eigenvalue weighted by Crippen LogP contribution is 2.27. The Bertz CT molecular complexity index is 1400. The molecule has 0 atom stereocenters. The Hall–Kier alpha value is -3.46. The molecule has 0 spiro atoms. The largest absolute Gasteiger partial charge is 0.490 e. The smallest absolute Gasteiger partial charge is 0.268 e. The van der Waals surface area contributed by atoms with Gasteiger partial charge in [0.2, 0.25) is 19.3 Å². The fourth-order valence-corrected chi connectivity index (χ4v) is 4.96. The summed E-state index contributed by atoms with van der Waals surface area (Å²) in [7, 11) is -3.54. The number of hydrogen-bond donors (Lipinski definition) is 1. The fourth-order valence-electron chi connectivity index (χ4n) is 2.73. The van der Waals surface area contributed by atoms with Gasteiger partial charge in [0, 0.05) is 0 Å². The van der Waals surface area contributed by atoms with Gasteiger partial charge in [0.1, 0.15) is 36.4 Å². The van der Waals surface area contributed by atoms with Crippen LogP contribution >= 0.6 is 22.9 Å². The number of carbonyl (C=O) groups is 1. The van der Waals surface area contributed by atoms with E-state index in [1.807, 2.05) is 37.3 Å². The van der Waals surface area contributed by atoms with E-state index >= 15 is 0 Å². The van der Waals surface area contributed by atoms with Crippen molar-refractivity contribution < 1.29 is 22.7 Å². The first-order chi connectivity index (χ1) is 16.7. The molecule has 35 heavy (non-hydrogen) atoms. The summed E-state index contributed by atoms with van der Waals surface area (Å²) in [6.45, 7) is 4.03. The molecule has 0 aliphatic heterocycles. The molecular formula is C23H21ClN4O5S2. The molecule has 182 valence electrons. The Kier molecular flexibility index (Phi) is 8.81. The number of nitrogens with one attached hydrogen (secondary N) is 1. The summed E-state index contributed by atoms with van der Waals surface area (Å²) in [5.41, 5.74) is 1.30. The van der Waals surface area contributed by atoms with Crippen molar-refractivity contribution in [3.8, 4) is 17.6 Å². The van der Waals surface area contributed by atoms with Crippen LogP contribution < -0.4 is 14.8 Å². The highest BCUT2D eigenvalue weighted by Gasteiger charge is 2.20. The minimum Gasteiger partial charge on any atom is -0.490 e. The number of para-hydroxylation sites is 1. The molecule has 3 rings (SSSR count). The molecule has 1 aromatic heterocycles. The van der Waals surface area contributed by atoms with Gasteiger partial charge in [-0.2, -0.15) is 5.26 Å². The number of sulfone groups is 1. The van der Waals surface area contributed by atoms with Gasteiger partial charge in [0.25, 0.3) is 5.91 Å². The predicted molar refractivity (Wildman–Crippen MR) is 133 cm³/mol. The SMILES string of the molecule is CCS(=O)(=O)c1nnc(NC(=O)C(C#N)=Cc2ccc(OCCOc3ccccc3C)c(Cl)c2)s1. The van der Waals surface area contributed by atoms with Crippen LogP contribution in [0.2, 0.25) is 5.02 Å². The molecular weight excluding hydrogens is 512 g/mol. The van der Waals surface area contributed by atoms with Crippen molar-refractivity contribution in [1.82, 2.24) is 10.2 Å². The number of aromatic nitrogens is 2. The lowest BCUT2D eigenvalue weighted by Gasteiger charge is -2.11. The average molecular weight is 533 g/mol. The average Bonchev–Trinajstić information content (AvgIpc) is 3.31. The molecule has 3 aromatic rings. The molecule has 1 heterocycles. The van der Waals surface area contributed by atoms with Gasteiger partial charge in [-0.3, -0.25) is 10.1 Å². The zero-order chi connectivity index (χ0) is 25.4. The number of ether oxygens (including phenoxy) is 2. The van der Waals surface area contributed by atoms with Gasteiger partial charge >= 0.3 is 0 Å². The highest BCUT2D eigenvalue weighted by molar-refractivity contribution is 7.93. The minimum absolute atomic E-state index is 0.0297. The zero-order valence-electron chi connectivity index (χ0n) is 18.8. The lowest BCUT2D eigenvalue weighted by Crippen LogP contribution is -2.13. The first-order valence-electron chi connectivity index (χ1n) is 10.3. The quantitative estimate of drug-likeness (QED) is 0.177. The molecule has 0 aliphatic carbocycles. The van der Waals surface area contributed by atoms with Crippen molar-refractivity contribution in [3.05, 3.63) is 64.2 Å². The lowest BCUT2D eigenvalue weighted by atomic mass is 10.1. The van der Waals surface area contributed by atoms with E-state index in [-0.39, 0.29) is 27.4 Å². The monoisotopic (exact) mass is 532 g/mol. The van der Waals surface area contributed by atoms with E-state index in [1.165, 1.54) is 13.0 Å². The fraction of sp³-hybridized carbons (Fsp3) is 0.217. The van der Waals surface area contributed by atoms with Crippen LogP contribution in [-0.4, -0.2) is 43.5 Å². The normalized spacial score (nSPS) is 11.5. The molecule has 0 unspecified atom stereocenters. The van der Waals surface area contributed by atoms with Crippen LogP contribution in [0.4, 0.5) is 5.13 Å². The first kappa shape index (κ1) is 26.2. The van der Waals surface area contributed by atoms with Gasteiger partial charge in [0.15, 0.2) is 0 Å². The van der Waals surface area contributed by atoms with E-state index in [4.69, 9.17) is 21.1 Å². The minimum atomic E-state index is -3.54. The van der Waals surface area contributed by atoms with E-state index in [0.29, 0.717) is 34.3 Å². The Balaban J connectivity index is 1.61. The molecule has 1 N–H and O–H groups in total. The maximum Gasteiger partial charge on any atom is 0.268 e. The number of hydrogen-bond acceptors (Lipinski definition) is 9. The number of nitriles is 1. The summed E-state index contributed by atoms with van der Waals surface area (Å²) in [5, 5.41) is 19.3. The molecule has 12 heteroatoms. The molecule has 0 saturated carbocycles. The van der Waals surface area contributed by atoms with Crippen LogP contribution in [-0.2, 0) is 14.6 Å². The van der Waals surface area contributed by atoms with Crippen LogP contribution in [0.5, 0.6) is 11.5 Å². The van der Waals surface area contributed by atoms with Crippen LogP contribution in [0.3, 0.4) is 0 Å². The van der Waals surface area contributed by atoms with Crippen molar-refractivity contribution in [2.45, 2.75) is 18.2 Å². The van der Waals surface area contributed by atoms with E-state index in [0.717, 1.165) is 11.3 Å². The van der Waals surface area contributed by atoms with E-state index < -0.39 is 15.7 Å². The summed E-state index contributed by atoms with van der Waals surface area (Å²) < 4.78 is 34.9. The molecule has 0 aliphatic rings. The van der Waals surface area contributed by atoms with Crippen LogP contribution in [0.1, 0.15) is 18.1 Å². The van der Waals surface area contributed by atoms with Gasteiger partial charge in [-0.05, 0) is 42.3 Å². The second-order valence-corrected chi connectivity index (χ2v) is 10.9. The molecule has 2 aromatic carbocycles. The van der Waals surface area contributed by atoms with Gasteiger partial charge in [-0.25, -0.2) is 8.42 Å². The number of rotatable bonds is 10. The standard InChI is InChI=1S/C23H21ClN4O5S2/c1-3-35(30,31)23-28-27-22(34-23)26-21(29)17(14-25)12-16-8-9-20(18(24)13-16)33-11-10-32-19-7-5-4-6-15(19)2/h4-9,12-13H,3,10-11H2,1-2H3,(H,26,27,29). The summed E-state index contributed by atoms with van der Waals surface area (Å²) >= 11 is 7.01. The summed E-state index contributed by atoms with van der Waals surface area (Å²) in [6, 6.07) is 14.3. The molecule has 1 amide bonds. The first-order valence-corrected chi connectivity index (χ1v) is 13.2. The van der Waals surface area contributed by atoms with Crippen molar-refractivity contribution in [3.63, 3.8) is 0 Å². The van der Waals surface area contributed by atoms with Gasteiger partial charge in [-0.15, -0.1) is 10.2 Å². The predicted octanol–water partition coefficient (Wildman–Crippen LogP) is 4.30. The molecule has 0 fully saturated rings. The maximum absolute atomic E-state index is 12.5. The lowest BCUT2D eigenvalue weighted by molar-refractivity contribution is -0.112. The number of halogens is 1. The van der Waals surface area contributed by atoms with Crippen molar-refractivity contribution in [2.24, 2.45) is 0 Å². The second-order valence-electron chi connectivity index (χ2n) is 7.05. The van der Waals surface area contributed by atoms with Crippen LogP contribution in [0.15, 0.2) is 52.4 Å². The molecule has 0 bridgehead atoms. The van der Waals surface area contributed by atoms with Gasteiger partial charge in [0.05, 0.1) is 10.8 Å². The number of nitrogens with zero attached hydrogens (tertiary/aromatic N) is 3. The van der Waals surface area contributed by atoms with Gasteiger partial charge in [-0.1, -0.05) is 54.1 Å². The maximum atomic E-state index is 12.5. The second kappa shape index (κ2) is 11.8. The topological polar surface area (TPSA) is 131 Å². The van der Waals surface area contributed by atoms with Crippen LogP contribution in [0.25, 0.3) is 6.08 Å². The third-order valence-corrected chi connectivity index (χ3v) is 7.91. The summed E-state index contributed by atoms with van der Waals surface area (Å²) in [4.78, 5) is 12.5. The number of aryl methyl sites for hydroxylation is 1. The van der Waals surface area contributed by atoms with E-state index in [9.17, 15) is 18.5 Å². The summed E-state index contributed by atoms with van der Waals surface area (Å²) in [5.74, 6) is 0.313. The third kappa shape index (κ3) is 7.02. The number of amides is 1. The zero-order valence-corrected chi connectivity index (χ0v) is 21.2. The Morgan fingerprint density at radius 3 is 2.54 bits per heavy atom. The van der Waals surface area contributed by atoms with E-state index in [2.05, 4.69) is 15.5 Å². The Morgan fingerprint density at radius 2 is 1.89 bits per heavy atom. The molecule has 9 nitrogen and oxygen atoms in total. The van der Waals surface area contributed by atoms with Crippen molar-refractivity contribution in [2.75, 3.05) is 24.3 Å². The molecule has 0 saturated heterocycles. The Morgan fingerprint density at radius 1 is 1.17 bits per heavy atom. The van der Waals surface area contributed by atoms with Crippen LogP contribution in [0, 0.1) is 18.3 Å².